The van der Waals surface area contributed by atoms with Crippen LogP contribution in [0, 0.1) is 6.92 Å². The van der Waals surface area contributed by atoms with Crippen LogP contribution >= 0.6 is 0 Å². The van der Waals surface area contributed by atoms with Gasteiger partial charge in [0.1, 0.15) is 5.69 Å². The largest absolute Gasteiger partial charge is 0.351 e. The zero-order chi connectivity index (χ0) is 15.2. The van der Waals surface area contributed by atoms with Crippen LogP contribution < -0.4 is 5.32 Å². The van der Waals surface area contributed by atoms with Gasteiger partial charge in [-0.3, -0.25) is 9.89 Å². The monoisotopic (exact) mass is 286 g/mol. The van der Waals surface area contributed by atoms with E-state index in [-0.39, 0.29) is 5.91 Å². The second kappa shape index (κ2) is 7.04. The van der Waals surface area contributed by atoms with E-state index in [0.717, 1.165) is 24.2 Å². The number of rotatable bonds is 6. The fraction of sp³-hybridized carbons (Fsp3) is 0.375. The highest BCUT2D eigenvalue weighted by Crippen LogP contribution is 2.18. The number of hydrogen-bond donors (Lipinski definition) is 2. The van der Waals surface area contributed by atoms with Crippen LogP contribution in [0.25, 0.3) is 11.3 Å². The number of carbonyl (C=O) groups is 1. The lowest BCUT2D eigenvalue weighted by molar-refractivity contribution is 0.0947. The molecule has 2 N–H and O–H groups in total. The van der Waals surface area contributed by atoms with E-state index in [1.807, 2.05) is 45.3 Å². The Kier molecular flexibility index (Phi) is 5.11. The van der Waals surface area contributed by atoms with Gasteiger partial charge in [-0.05, 0) is 40.1 Å². The number of nitrogens with zero attached hydrogens (tertiary/aromatic N) is 2. The van der Waals surface area contributed by atoms with E-state index >= 15 is 0 Å². The molecule has 5 nitrogen and oxygen atoms in total. The fourth-order valence-electron chi connectivity index (χ4n) is 2.00. The van der Waals surface area contributed by atoms with Crippen molar-refractivity contribution >= 4 is 5.91 Å². The summed E-state index contributed by atoms with van der Waals surface area (Å²) in [7, 11) is 4.04. The smallest absolute Gasteiger partial charge is 0.269 e. The van der Waals surface area contributed by atoms with Crippen LogP contribution in [0.4, 0.5) is 0 Å². The van der Waals surface area contributed by atoms with Crippen molar-refractivity contribution in [2.75, 3.05) is 27.2 Å². The van der Waals surface area contributed by atoms with E-state index in [0.29, 0.717) is 12.2 Å². The second-order valence-electron chi connectivity index (χ2n) is 5.45. The van der Waals surface area contributed by atoms with E-state index in [1.165, 1.54) is 5.56 Å². The van der Waals surface area contributed by atoms with E-state index in [4.69, 9.17) is 0 Å². The predicted molar refractivity (Wildman–Crippen MR) is 84.3 cm³/mol. The molecule has 0 radical (unpaired) electrons. The third-order valence-corrected chi connectivity index (χ3v) is 3.24. The topological polar surface area (TPSA) is 61.0 Å². The van der Waals surface area contributed by atoms with E-state index in [2.05, 4.69) is 20.4 Å². The van der Waals surface area contributed by atoms with E-state index in [9.17, 15) is 4.79 Å². The SMILES string of the molecule is Cc1ccc(-c2cc(C(=O)NCCCN(C)C)[nH]n2)cc1. The minimum atomic E-state index is -0.111. The van der Waals surface area contributed by atoms with Crippen LogP contribution in [0.5, 0.6) is 0 Å². The number of aromatic amines is 1. The molecule has 0 aliphatic heterocycles. The summed E-state index contributed by atoms with van der Waals surface area (Å²) in [6, 6.07) is 9.86. The zero-order valence-electron chi connectivity index (χ0n) is 12.8. The molecule has 1 aromatic carbocycles. The van der Waals surface area contributed by atoms with Crippen molar-refractivity contribution in [1.29, 1.82) is 0 Å². The number of hydrogen-bond acceptors (Lipinski definition) is 3. The molecular formula is C16H22N4O. The Balaban J connectivity index is 1.93. The average Bonchev–Trinajstić information content (AvgIpc) is 2.94. The molecule has 2 rings (SSSR count). The lowest BCUT2D eigenvalue weighted by Gasteiger charge is -2.09. The van der Waals surface area contributed by atoms with Gasteiger partial charge in [0.15, 0.2) is 0 Å². The van der Waals surface area contributed by atoms with Gasteiger partial charge in [-0.2, -0.15) is 5.10 Å². The van der Waals surface area contributed by atoms with Crippen LogP contribution in [-0.4, -0.2) is 48.2 Å². The van der Waals surface area contributed by atoms with Gasteiger partial charge in [0.25, 0.3) is 5.91 Å². The molecule has 0 aliphatic carbocycles. The first-order valence-electron chi connectivity index (χ1n) is 7.11. The lowest BCUT2D eigenvalue weighted by Crippen LogP contribution is -2.27. The summed E-state index contributed by atoms with van der Waals surface area (Å²) < 4.78 is 0. The Morgan fingerprint density at radius 2 is 2.00 bits per heavy atom. The summed E-state index contributed by atoms with van der Waals surface area (Å²) in [5.74, 6) is -0.111. The van der Waals surface area contributed by atoms with Crippen LogP contribution in [0.2, 0.25) is 0 Å². The van der Waals surface area contributed by atoms with Crippen molar-refractivity contribution < 1.29 is 4.79 Å². The van der Waals surface area contributed by atoms with Gasteiger partial charge >= 0.3 is 0 Å². The van der Waals surface area contributed by atoms with Crippen LogP contribution in [0.1, 0.15) is 22.5 Å². The van der Waals surface area contributed by atoms with Gasteiger partial charge in [0.05, 0.1) is 5.69 Å². The average molecular weight is 286 g/mol. The van der Waals surface area contributed by atoms with E-state index in [1.54, 1.807) is 6.07 Å². The van der Waals surface area contributed by atoms with Gasteiger partial charge in [0, 0.05) is 12.1 Å². The van der Waals surface area contributed by atoms with Crippen LogP contribution in [0.15, 0.2) is 30.3 Å². The third-order valence-electron chi connectivity index (χ3n) is 3.24. The number of aryl methyl sites for hydroxylation is 1. The molecule has 0 aliphatic rings. The quantitative estimate of drug-likeness (QED) is 0.799. The fourth-order valence-corrected chi connectivity index (χ4v) is 2.00. The summed E-state index contributed by atoms with van der Waals surface area (Å²) in [6.07, 6.45) is 0.928. The number of nitrogens with one attached hydrogen (secondary N) is 2. The highest BCUT2D eigenvalue weighted by atomic mass is 16.1. The van der Waals surface area contributed by atoms with Crippen LogP contribution in [-0.2, 0) is 0 Å². The summed E-state index contributed by atoms with van der Waals surface area (Å²) in [5, 5.41) is 9.89. The summed E-state index contributed by atoms with van der Waals surface area (Å²) in [6.45, 7) is 3.66. The maximum absolute atomic E-state index is 12.0. The molecule has 0 unspecified atom stereocenters. The van der Waals surface area contributed by atoms with Gasteiger partial charge < -0.3 is 10.2 Å². The molecule has 0 saturated heterocycles. The van der Waals surface area contributed by atoms with Crippen molar-refractivity contribution in [3.8, 4) is 11.3 Å². The molecule has 5 heteroatoms. The van der Waals surface area contributed by atoms with Gasteiger partial charge in [-0.1, -0.05) is 29.8 Å². The molecule has 21 heavy (non-hydrogen) atoms. The van der Waals surface area contributed by atoms with Crippen molar-refractivity contribution in [1.82, 2.24) is 20.4 Å². The Bertz CT molecular complexity index is 587. The second-order valence-corrected chi connectivity index (χ2v) is 5.45. The first-order valence-corrected chi connectivity index (χ1v) is 7.11. The minimum absolute atomic E-state index is 0.111. The Labute approximate surface area is 125 Å². The molecule has 0 bridgehead atoms. The number of aromatic nitrogens is 2. The standard InChI is InChI=1S/C16H22N4O/c1-12-5-7-13(8-6-12)14-11-15(19-18-14)16(21)17-9-4-10-20(2)3/h5-8,11H,4,9-10H2,1-3H3,(H,17,21)(H,18,19). The number of carbonyl (C=O) groups excluding carboxylic acids is 1. The number of amides is 1. The van der Waals surface area contributed by atoms with Crippen molar-refractivity contribution in [3.63, 3.8) is 0 Å². The van der Waals surface area contributed by atoms with E-state index < -0.39 is 0 Å². The van der Waals surface area contributed by atoms with Crippen molar-refractivity contribution in [2.45, 2.75) is 13.3 Å². The predicted octanol–water partition coefficient (Wildman–Crippen LogP) is 2.07. The summed E-state index contributed by atoms with van der Waals surface area (Å²) in [5.41, 5.74) is 3.49. The maximum atomic E-state index is 12.0. The van der Waals surface area contributed by atoms with Crippen molar-refractivity contribution in [2.24, 2.45) is 0 Å². The highest BCUT2D eigenvalue weighted by Gasteiger charge is 2.10. The molecule has 0 fully saturated rings. The van der Waals surface area contributed by atoms with Gasteiger partial charge in [0.2, 0.25) is 0 Å². The Morgan fingerprint density at radius 1 is 1.29 bits per heavy atom. The highest BCUT2D eigenvalue weighted by molar-refractivity contribution is 5.93. The number of H-pyrrole nitrogens is 1. The number of benzene rings is 1. The summed E-state index contributed by atoms with van der Waals surface area (Å²) >= 11 is 0. The minimum Gasteiger partial charge on any atom is -0.351 e. The maximum Gasteiger partial charge on any atom is 0.269 e. The normalized spacial score (nSPS) is 10.9. The van der Waals surface area contributed by atoms with Gasteiger partial charge in [-0.25, -0.2) is 0 Å². The molecule has 1 amide bonds. The Hall–Kier alpha value is -2.14. The molecule has 2 aromatic rings. The van der Waals surface area contributed by atoms with Crippen LogP contribution in [0.3, 0.4) is 0 Å². The molecular weight excluding hydrogens is 264 g/mol. The molecule has 1 heterocycles. The lowest BCUT2D eigenvalue weighted by atomic mass is 10.1. The van der Waals surface area contributed by atoms with Gasteiger partial charge in [-0.15, -0.1) is 0 Å². The molecule has 0 saturated carbocycles. The first kappa shape index (κ1) is 15.3. The molecule has 112 valence electrons. The third kappa shape index (κ3) is 4.43. The molecule has 0 atom stereocenters. The molecule has 1 aromatic heterocycles. The molecule has 0 spiro atoms. The Morgan fingerprint density at radius 3 is 2.67 bits per heavy atom. The summed E-state index contributed by atoms with van der Waals surface area (Å²) in [4.78, 5) is 14.1. The zero-order valence-corrected chi connectivity index (χ0v) is 12.8. The first-order chi connectivity index (χ1) is 10.1. The van der Waals surface area contributed by atoms with Crippen molar-refractivity contribution in [3.05, 3.63) is 41.6 Å².